The molecule has 2 fully saturated rings. The first-order valence-corrected chi connectivity index (χ1v) is 11.1. The molecule has 4 amide bonds. The highest BCUT2D eigenvalue weighted by Crippen LogP contribution is 2.31. The lowest BCUT2D eigenvalue weighted by atomic mass is 9.94. The van der Waals surface area contributed by atoms with E-state index in [2.05, 4.69) is 0 Å². The van der Waals surface area contributed by atoms with E-state index < -0.39 is 0 Å². The number of imide groups is 1. The third-order valence-electron chi connectivity index (χ3n) is 6.54. The quantitative estimate of drug-likeness (QED) is 0.670. The second-order valence-electron chi connectivity index (χ2n) is 8.45. The van der Waals surface area contributed by atoms with E-state index in [0.717, 1.165) is 32.1 Å². The molecule has 0 spiro atoms. The number of ether oxygens (including phenoxy) is 1. The lowest BCUT2D eigenvalue weighted by molar-refractivity contribution is -0.133. The van der Waals surface area contributed by atoms with Crippen molar-refractivity contribution < 1.29 is 23.9 Å². The number of piperazine rings is 1. The minimum absolute atomic E-state index is 0.0263. The van der Waals surface area contributed by atoms with Crippen LogP contribution in [-0.4, -0.2) is 84.3 Å². The van der Waals surface area contributed by atoms with Gasteiger partial charge in [0.1, 0.15) is 0 Å². The smallest absolute Gasteiger partial charge is 0.261 e. The molecular formula is C23H29N3O5. The van der Waals surface area contributed by atoms with Gasteiger partial charge in [-0.15, -0.1) is 0 Å². The van der Waals surface area contributed by atoms with Gasteiger partial charge in [0.25, 0.3) is 17.7 Å². The lowest BCUT2D eigenvalue weighted by Gasteiger charge is -2.35. The van der Waals surface area contributed by atoms with Crippen LogP contribution in [0, 0.1) is 0 Å². The van der Waals surface area contributed by atoms with E-state index in [0.29, 0.717) is 55.9 Å². The van der Waals surface area contributed by atoms with Crippen molar-refractivity contribution in [2.45, 2.75) is 44.6 Å². The van der Waals surface area contributed by atoms with E-state index in [9.17, 15) is 19.2 Å². The average molecular weight is 428 g/mol. The second kappa shape index (κ2) is 9.18. The molecular weight excluding hydrogens is 398 g/mol. The molecule has 8 nitrogen and oxygen atoms in total. The SMILES string of the molecule is COCCC(=O)N1CCN(C(=O)c2ccc3c(c2)C(=O)N(C2CCCCC2)C3=O)CC1. The van der Waals surface area contributed by atoms with Gasteiger partial charge in [0.15, 0.2) is 0 Å². The summed E-state index contributed by atoms with van der Waals surface area (Å²) in [6.07, 6.45) is 5.24. The molecule has 0 unspecified atom stereocenters. The van der Waals surface area contributed by atoms with Crippen LogP contribution in [-0.2, 0) is 9.53 Å². The highest BCUT2D eigenvalue weighted by molar-refractivity contribution is 6.22. The van der Waals surface area contributed by atoms with E-state index >= 15 is 0 Å². The zero-order valence-corrected chi connectivity index (χ0v) is 18.0. The average Bonchev–Trinajstić information content (AvgIpc) is 3.07. The van der Waals surface area contributed by atoms with E-state index in [1.807, 2.05) is 0 Å². The van der Waals surface area contributed by atoms with Gasteiger partial charge in [-0.25, -0.2) is 0 Å². The molecule has 2 aliphatic heterocycles. The summed E-state index contributed by atoms with van der Waals surface area (Å²) in [6.45, 7) is 2.22. The maximum absolute atomic E-state index is 13.0. The van der Waals surface area contributed by atoms with Gasteiger partial charge < -0.3 is 14.5 Å². The van der Waals surface area contributed by atoms with Crippen LogP contribution in [0.1, 0.15) is 69.6 Å². The van der Waals surface area contributed by atoms with Crippen LogP contribution in [0.5, 0.6) is 0 Å². The van der Waals surface area contributed by atoms with E-state index in [1.54, 1.807) is 35.1 Å². The summed E-state index contributed by atoms with van der Waals surface area (Å²) in [5.41, 5.74) is 1.13. The molecule has 0 atom stereocenters. The minimum Gasteiger partial charge on any atom is -0.384 e. The minimum atomic E-state index is -0.282. The Kier molecular flexibility index (Phi) is 6.36. The lowest BCUT2D eigenvalue weighted by Crippen LogP contribution is -2.50. The predicted molar refractivity (Wildman–Crippen MR) is 113 cm³/mol. The van der Waals surface area contributed by atoms with Crippen LogP contribution in [0.15, 0.2) is 18.2 Å². The Balaban J connectivity index is 1.43. The van der Waals surface area contributed by atoms with E-state index in [1.165, 1.54) is 4.90 Å². The van der Waals surface area contributed by atoms with Gasteiger partial charge in [0.05, 0.1) is 24.2 Å². The largest absolute Gasteiger partial charge is 0.384 e. The van der Waals surface area contributed by atoms with Gasteiger partial charge in [0, 0.05) is 44.9 Å². The van der Waals surface area contributed by atoms with E-state index in [-0.39, 0.29) is 29.7 Å². The summed E-state index contributed by atoms with van der Waals surface area (Å²) >= 11 is 0. The first-order chi connectivity index (χ1) is 15.0. The monoisotopic (exact) mass is 427 g/mol. The molecule has 4 rings (SSSR count). The Morgan fingerprint density at radius 2 is 1.58 bits per heavy atom. The summed E-state index contributed by atoms with van der Waals surface area (Å²) in [6, 6.07) is 4.77. The molecule has 3 aliphatic rings. The molecule has 0 bridgehead atoms. The number of hydrogen-bond acceptors (Lipinski definition) is 5. The number of amides is 4. The number of carbonyl (C=O) groups excluding carboxylic acids is 4. The molecule has 1 aromatic carbocycles. The molecule has 2 heterocycles. The third kappa shape index (κ3) is 4.21. The normalized spacial score (nSPS) is 19.7. The Labute approximate surface area is 182 Å². The van der Waals surface area contributed by atoms with Gasteiger partial charge >= 0.3 is 0 Å². The fraction of sp³-hybridized carbons (Fsp3) is 0.565. The molecule has 0 aromatic heterocycles. The molecule has 31 heavy (non-hydrogen) atoms. The molecule has 166 valence electrons. The first-order valence-electron chi connectivity index (χ1n) is 11.1. The summed E-state index contributed by atoms with van der Waals surface area (Å²) in [5.74, 6) is -0.675. The number of rotatable bonds is 5. The number of hydrogen-bond donors (Lipinski definition) is 0. The summed E-state index contributed by atoms with van der Waals surface area (Å²) in [5, 5.41) is 0. The van der Waals surface area contributed by atoms with Crippen molar-refractivity contribution in [3.63, 3.8) is 0 Å². The van der Waals surface area contributed by atoms with Crippen molar-refractivity contribution in [1.82, 2.24) is 14.7 Å². The first kappa shape index (κ1) is 21.5. The van der Waals surface area contributed by atoms with Gasteiger partial charge in [-0.3, -0.25) is 24.1 Å². The van der Waals surface area contributed by atoms with E-state index in [4.69, 9.17) is 4.74 Å². The number of methoxy groups -OCH3 is 1. The summed E-state index contributed by atoms with van der Waals surface area (Å²) in [4.78, 5) is 55.8. The molecule has 0 radical (unpaired) electrons. The fourth-order valence-electron chi connectivity index (χ4n) is 4.75. The van der Waals surface area contributed by atoms with Crippen LogP contribution in [0.4, 0.5) is 0 Å². The van der Waals surface area contributed by atoms with Crippen molar-refractivity contribution in [3.8, 4) is 0 Å². The van der Waals surface area contributed by atoms with Gasteiger partial charge in [-0.05, 0) is 31.0 Å². The van der Waals surface area contributed by atoms with Crippen molar-refractivity contribution in [3.05, 3.63) is 34.9 Å². The van der Waals surface area contributed by atoms with Crippen molar-refractivity contribution >= 4 is 23.6 Å². The van der Waals surface area contributed by atoms with Gasteiger partial charge in [-0.1, -0.05) is 19.3 Å². The maximum atomic E-state index is 13.0. The molecule has 0 N–H and O–H groups in total. The third-order valence-corrected chi connectivity index (χ3v) is 6.54. The molecule has 1 aromatic rings. The zero-order chi connectivity index (χ0) is 22.0. The van der Waals surface area contributed by atoms with Crippen molar-refractivity contribution in [1.29, 1.82) is 0 Å². The van der Waals surface area contributed by atoms with Crippen LogP contribution >= 0.6 is 0 Å². The Morgan fingerprint density at radius 1 is 0.935 bits per heavy atom. The Bertz CT molecular complexity index is 885. The highest BCUT2D eigenvalue weighted by atomic mass is 16.5. The van der Waals surface area contributed by atoms with Crippen LogP contribution in [0.25, 0.3) is 0 Å². The number of benzene rings is 1. The standard InChI is InChI=1S/C23H29N3O5/c1-31-14-9-20(27)24-10-12-25(13-11-24)21(28)16-7-8-18-19(15-16)23(30)26(22(18)29)17-5-3-2-4-6-17/h7-8,15,17H,2-6,9-14H2,1H3. The highest BCUT2D eigenvalue weighted by Gasteiger charge is 2.40. The van der Waals surface area contributed by atoms with Crippen LogP contribution in [0.2, 0.25) is 0 Å². The number of nitrogens with zero attached hydrogens (tertiary/aromatic N) is 3. The molecule has 1 saturated carbocycles. The number of fused-ring (bicyclic) bond motifs is 1. The second-order valence-corrected chi connectivity index (χ2v) is 8.45. The van der Waals surface area contributed by atoms with Gasteiger partial charge in [-0.2, -0.15) is 0 Å². The fourth-order valence-corrected chi connectivity index (χ4v) is 4.75. The molecule has 8 heteroatoms. The number of carbonyl (C=O) groups is 4. The van der Waals surface area contributed by atoms with Gasteiger partial charge in [0.2, 0.25) is 5.91 Å². The predicted octanol–water partition coefficient (Wildman–Crippen LogP) is 1.94. The van der Waals surface area contributed by atoms with Crippen molar-refractivity contribution in [2.24, 2.45) is 0 Å². The van der Waals surface area contributed by atoms with Crippen LogP contribution < -0.4 is 0 Å². The Hall–Kier alpha value is -2.74. The maximum Gasteiger partial charge on any atom is 0.261 e. The van der Waals surface area contributed by atoms with Crippen molar-refractivity contribution in [2.75, 3.05) is 39.9 Å². The topological polar surface area (TPSA) is 87.2 Å². The Morgan fingerprint density at radius 3 is 2.26 bits per heavy atom. The zero-order valence-electron chi connectivity index (χ0n) is 18.0. The summed E-state index contributed by atoms with van der Waals surface area (Å²) in [7, 11) is 1.56. The van der Waals surface area contributed by atoms with Crippen LogP contribution in [0.3, 0.4) is 0 Å². The molecule has 1 aliphatic carbocycles. The molecule has 1 saturated heterocycles. The summed E-state index contributed by atoms with van der Waals surface area (Å²) < 4.78 is 4.95.